The summed E-state index contributed by atoms with van der Waals surface area (Å²) in [6.45, 7) is 6.51. The Morgan fingerprint density at radius 2 is 2.20 bits per heavy atom. The molecule has 0 spiro atoms. The zero-order valence-electron chi connectivity index (χ0n) is 9.26. The standard InChI is InChI=1S/C12H15NO2.H2/c1-4-12(2,3)8-5-6-9-10(7-8)15-11(14)13-9;/h5-7H,4H2,1-3H3,(H,13,14);1H. The summed E-state index contributed by atoms with van der Waals surface area (Å²) in [6, 6.07) is 5.88. The van der Waals surface area contributed by atoms with Gasteiger partial charge in [0.05, 0.1) is 5.52 Å². The minimum atomic E-state index is -0.392. The van der Waals surface area contributed by atoms with Crippen molar-refractivity contribution in [3.8, 4) is 0 Å². The molecule has 0 unspecified atom stereocenters. The number of nitrogens with one attached hydrogen (secondary N) is 1. The molecule has 0 fully saturated rings. The predicted octanol–water partition coefficient (Wildman–Crippen LogP) is 3.05. The van der Waals surface area contributed by atoms with E-state index in [0.29, 0.717) is 5.58 Å². The smallest absolute Gasteiger partial charge is 0.408 e. The summed E-state index contributed by atoms with van der Waals surface area (Å²) in [6.07, 6.45) is 1.05. The monoisotopic (exact) mass is 207 g/mol. The van der Waals surface area contributed by atoms with E-state index in [9.17, 15) is 4.79 Å². The Hall–Kier alpha value is -1.51. The SMILES string of the molecule is CCC(C)(C)c1ccc2[nH]c(=O)oc2c1.[HH]. The molecule has 1 aromatic carbocycles. The van der Waals surface area contributed by atoms with E-state index in [1.165, 1.54) is 5.56 Å². The largest absolute Gasteiger partial charge is 0.417 e. The molecule has 82 valence electrons. The Bertz CT molecular complexity index is 539. The molecule has 3 heteroatoms. The van der Waals surface area contributed by atoms with Crippen molar-refractivity contribution in [2.75, 3.05) is 0 Å². The van der Waals surface area contributed by atoms with Crippen LogP contribution in [0.1, 0.15) is 34.2 Å². The number of aromatic amines is 1. The van der Waals surface area contributed by atoms with Crippen molar-refractivity contribution in [1.82, 2.24) is 4.98 Å². The van der Waals surface area contributed by atoms with Gasteiger partial charge in [-0.2, -0.15) is 0 Å². The Morgan fingerprint density at radius 1 is 1.47 bits per heavy atom. The maximum absolute atomic E-state index is 11.0. The minimum absolute atomic E-state index is 0. The minimum Gasteiger partial charge on any atom is -0.408 e. The number of rotatable bonds is 2. The maximum atomic E-state index is 11.0. The van der Waals surface area contributed by atoms with Gasteiger partial charge in [-0.1, -0.05) is 26.8 Å². The van der Waals surface area contributed by atoms with E-state index in [-0.39, 0.29) is 6.84 Å². The van der Waals surface area contributed by atoms with Crippen molar-refractivity contribution in [3.05, 3.63) is 34.3 Å². The molecule has 2 aromatic rings. The van der Waals surface area contributed by atoms with E-state index in [1.807, 2.05) is 18.2 Å². The van der Waals surface area contributed by atoms with Gasteiger partial charge in [-0.3, -0.25) is 4.98 Å². The number of fused-ring (bicyclic) bond motifs is 1. The van der Waals surface area contributed by atoms with Crippen LogP contribution in [0.3, 0.4) is 0 Å². The van der Waals surface area contributed by atoms with Gasteiger partial charge in [0.25, 0.3) is 0 Å². The van der Waals surface area contributed by atoms with Crippen LogP contribution in [-0.4, -0.2) is 4.98 Å². The summed E-state index contributed by atoms with van der Waals surface area (Å²) < 4.78 is 5.04. The fourth-order valence-corrected chi connectivity index (χ4v) is 1.57. The summed E-state index contributed by atoms with van der Waals surface area (Å²) in [5, 5.41) is 0. The predicted molar refractivity (Wildman–Crippen MR) is 62.3 cm³/mol. The van der Waals surface area contributed by atoms with E-state index in [0.717, 1.165) is 11.9 Å². The van der Waals surface area contributed by atoms with Gasteiger partial charge in [0, 0.05) is 1.43 Å². The maximum Gasteiger partial charge on any atom is 0.417 e. The Morgan fingerprint density at radius 3 is 2.87 bits per heavy atom. The molecule has 0 aliphatic rings. The molecule has 1 aromatic heterocycles. The highest BCUT2D eigenvalue weighted by molar-refractivity contribution is 5.73. The van der Waals surface area contributed by atoms with Crippen molar-refractivity contribution < 1.29 is 5.84 Å². The third kappa shape index (κ3) is 1.69. The molecule has 3 nitrogen and oxygen atoms in total. The molecule has 0 saturated heterocycles. The molecule has 15 heavy (non-hydrogen) atoms. The molecule has 0 aliphatic carbocycles. The summed E-state index contributed by atoms with van der Waals surface area (Å²) in [5.41, 5.74) is 2.71. The van der Waals surface area contributed by atoms with E-state index in [1.54, 1.807) is 0 Å². The average molecular weight is 207 g/mol. The Labute approximate surface area is 89.6 Å². The van der Waals surface area contributed by atoms with Gasteiger partial charge in [-0.15, -0.1) is 0 Å². The van der Waals surface area contributed by atoms with Gasteiger partial charge in [0.15, 0.2) is 5.58 Å². The van der Waals surface area contributed by atoms with Crippen LogP contribution in [0.5, 0.6) is 0 Å². The van der Waals surface area contributed by atoms with Crippen LogP contribution >= 0.6 is 0 Å². The second kappa shape index (κ2) is 3.26. The molecule has 0 aliphatic heterocycles. The molecule has 2 rings (SSSR count). The van der Waals surface area contributed by atoms with E-state index < -0.39 is 5.76 Å². The number of H-pyrrole nitrogens is 1. The topological polar surface area (TPSA) is 46.0 Å². The molecular weight excluding hydrogens is 190 g/mol. The summed E-state index contributed by atoms with van der Waals surface area (Å²) in [7, 11) is 0. The van der Waals surface area contributed by atoms with Crippen LogP contribution in [0.4, 0.5) is 0 Å². The second-order valence-electron chi connectivity index (χ2n) is 4.46. The zero-order valence-corrected chi connectivity index (χ0v) is 9.26. The van der Waals surface area contributed by atoms with Crippen molar-refractivity contribution in [2.24, 2.45) is 0 Å². The van der Waals surface area contributed by atoms with Crippen molar-refractivity contribution in [1.29, 1.82) is 0 Å². The second-order valence-corrected chi connectivity index (χ2v) is 4.46. The van der Waals surface area contributed by atoms with Crippen molar-refractivity contribution in [3.63, 3.8) is 0 Å². The van der Waals surface area contributed by atoms with Crippen LogP contribution in [-0.2, 0) is 5.41 Å². The summed E-state index contributed by atoms with van der Waals surface area (Å²) in [5.74, 6) is -0.392. The fourth-order valence-electron chi connectivity index (χ4n) is 1.57. The van der Waals surface area contributed by atoms with Crippen LogP contribution in [0, 0.1) is 0 Å². The number of hydrogen-bond acceptors (Lipinski definition) is 2. The third-order valence-electron chi connectivity index (χ3n) is 3.09. The first-order valence-electron chi connectivity index (χ1n) is 5.16. The highest BCUT2D eigenvalue weighted by Gasteiger charge is 2.18. The summed E-state index contributed by atoms with van der Waals surface area (Å²) >= 11 is 0. The molecule has 1 heterocycles. The van der Waals surface area contributed by atoms with Crippen LogP contribution in [0.15, 0.2) is 27.4 Å². The quantitative estimate of drug-likeness (QED) is 0.822. The molecule has 0 radical (unpaired) electrons. The Kier molecular flexibility index (Phi) is 2.18. The Balaban J connectivity index is 0.00000128. The van der Waals surface area contributed by atoms with Gasteiger partial charge in [-0.05, 0) is 29.5 Å². The molecule has 0 saturated carbocycles. The van der Waals surface area contributed by atoms with E-state index >= 15 is 0 Å². The van der Waals surface area contributed by atoms with E-state index in [2.05, 4.69) is 25.8 Å². The lowest BCUT2D eigenvalue weighted by atomic mass is 9.82. The molecule has 1 N–H and O–H groups in total. The van der Waals surface area contributed by atoms with E-state index in [4.69, 9.17) is 4.42 Å². The molecule has 0 amide bonds. The van der Waals surface area contributed by atoms with Gasteiger partial charge in [-0.25, -0.2) is 4.79 Å². The highest BCUT2D eigenvalue weighted by Crippen LogP contribution is 2.28. The number of benzene rings is 1. The van der Waals surface area contributed by atoms with Gasteiger partial charge >= 0.3 is 5.76 Å². The first-order chi connectivity index (χ1) is 7.03. The molecule has 0 atom stereocenters. The lowest BCUT2D eigenvalue weighted by molar-refractivity contribution is 0.504. The number of aromatic nitrogens is 1. The van der Waals surface area contributed by atoms with Crippen LogP contribution in [0.2, 0.25) is 0 Å². The fraction of sp³-hybridized carbons (Fsp3) is 0.417. The normalized spacial score (nSPS) is 12.2. The first kappa shape index (κ1) is 10.0. The first-order valence-corrected chi connectivity index (χ1v) is 5.16. The lowest BCUT2D eigenvalue weighted by Crippen LogP contribution is -2.14. The van der Waals surface area contributed by atoms with Crippen molar-refractivity contribution in [2.45, 2.75) is 32.6 Å². The zero-order chi connectivity index (χ0) is 11.1. The van der Waals surface area contributed by atoms with Gasteiger partial charge < -0.3 is 4.42 Å². The lowest BCUT2D eigenvalue weighted by Gasteiger charge is -2.22. The number of hydrogen-bond donors (Lipinski definition) is 1. The third-order valence-corrected chi connectivity index (χ3v) is 3.09. The molecular formula is C12H17NO2. The highest BCUT2D eigenvalue weighted by atomic mass is 16.4. The van der Waals surface area contributed by atoms with Crippen LogP contribution < -0.4 is 5.76 Å². The van der Waals surface area contributed by atoms with Gasteiger partial charge in [0.1, 0.15) is 0 Å². The molecule has 0 bridgehead atoms. The van der Waals surface area contributed by atoms with Gasteiger partial charge in [0.2, 0.25) is 0 Å². The van der Waals surface area contributed by atoms with Crippen LogP contribution in [0.25, 0.3) is 11.1 Å². The summed E-state index contributed by atoms with van der Waals surface area (Å²) in [4.78, 5) is 13.6. The average Bonchev–Trinajstić information content (AvgIpc) is 2.56. The van der Waals surface area contributed by atoms with Crippen molar-refractivity contribution >= 4 is 11.1 Å². The number of oxazole rings is 1.